The van der Waals surface area contributed by atoms with Crippen LogP contribution in [0.25, 0.3) is 27.5 Å². The molecule has 0 bridgehead atoms. The molecule has 2 aromatic heterocycles. The van der Waals surface area contributed by atoms with Crippen LogP contribution in [-0.4, -0.2) is 43.6 Å². The van der Waals surface area contributed by atoms with Crippen LogP contribution in [0.5, 0.6) is 11.5 Å². The predicted molar refractivity (Wildman–Crippen MR) is 191 cm³/mol. The fraction of sp³-hybridized carbons (Fsp3) is 0.256. The number of carbonyl (C=O) groups excluding carboxylic acids is 1. The second-order valence-corrected chi connectivity index (χ2v) is 13.9. The van der Waals surface area contributed by atoms with E-state index in [4.69, 9.17) is 26.1 Å². The molecule has 4 heterocycles. The molecular formula is C39H34ClFN6O3. The van der Waals surface area contributed by atoms with Crippen LogP contribution >= 0.6 is 11.6 Å². The summed E-state index contributed by atoms with van der Waals surface area (Å²) in [6.45, 7) is 3.92. The van der Waals surface area contributed by atoms with Gasteiger partial charge in [0.05, 0.1) is 28.7 Å². The number of nitrogens with one attached hydrogen (secondary N) is 2. The molecule has 50 heavy (non-hydrogen) atoms. The number of para-hydroxylation sites is 1. The van der Waals surface area contributed by atoms with Crippen LogP contribution in [0.1, 0.15) is 65.1 Å². The van der Waals surface area contributed by atoms with Crippen LogP contribution in [0.15, 0.2) is 78.9 Å². The third-order valence-corrected chi connectivity index (χ3v) is 10.3. The standard InChI is InChI=1S/C39H34ClFN6O3/c1-39(29-11-9-25(40)19-30(29)41)49-34-5-3-4-27(37(34)50-39)22-14-16-47(17-15-22)21-35-43-32-18-24(8-13-33(32)46(35)2)38(48)42-26-10-12-31-28(20-26)36(45-44-31)23-6-7-23/h3-5,8-14,18-20,23H,6-7,15-17,21H2,1-2H3,(H,42,48)(H,44,45). The number of hydrogen-bond donors (Lipinski definition) is 2. The number of anilines is 1. The molecule has 252 valence electrons. The molecule has 2 aliphatic heterocycles. The summed E-state index contributed by atoms with van der Waals surface area (Å²) in [5.41, 5.74) is 7.50. The summed E-state index contributed by atoms with van der Waals surface area (Å²) < 4.78 is 29.5. The molecule has 4 aromatic carbocycles. The lowest BCUT2D eigenvalue weighted by Crippen LogP contribution is -2.32. The highest BCUT2D eigenvalue weighted by molar-refractivity contribution is 6.30. The molecule has 6 aromatic rings. The molecule has 1 aliphatic carbocycles. The first-order chi connectivity index (χ1) is 24.2. The first kappa shape index (κ1) is 30.8. The maximum absolute atomic E-state index is 14.9. The second-order valence-electron chi connectivity index (χ2n) is 13.5. The maximum atomic E-state index is 14.9. The minimum Gasteiger partial charge on any atom is -0.444 e. The number of amides is 1. The molecule has 1 unspecified atom stereocenters. The minimum absolute atomic E-state index is 0.177. The third kappa shape index (κ3) is 5.39. The Bertz CT molecular complexity index is 2380. The fourth-order valence-corrected chi connectivity index (χ4v) is 7.33. The van der Waals surface area contributed by atoms with E-state index in [1.54, 1.807) is 19.1 Å². The number of imidazole rings is 1. The Morgan fingerprint density at radius 1 is 1.08 bits per heavy atom. The van der Waals surface area contributed by atoms with Gasteiger partial charge in [-0.3, -0.25) is 14.8 Å². The largest absolute Gasteiger partial charge is 0.444 e. The van der Waals surface area contributed by atoms with Gasteiger partial charge >= 0.3 is 0 Å². The van der Waals surface area contributed by atoms with E-state index in [1.807, 2.05) is 61.6 Å². The van der Waals surface area contributed by atoms with E-state index in [-0.39, 0.29) is 11.5 Å². The van der Waals surface area contributed by atoms with E-state index in [0.29, 0.717) is 34.5 Å². The third-order valence-electron chi connectivity index (χ3n) is 10.1. The van der Waals surface area contributed by atoms with Gasteiger partial charge in [-0.15, -0.1) is 0 Å². The fourth-order valence-electron chi connectivity index (χ4n) is 7.17. The number of aromatic amines is 1. The Labute approximate surface area is 292 Å². The van der Waals surface area contributed by atoms with E-state index in [2.05, 4.69) is 31.1 Å². The summed E-state index contributed by atoms with van der Waals surface area (Å²) in [5.74, 6) is 0.698. The number of carbonyl (C=O) groups is 1. The molecule has 1 amide bonds. The topological polar surface area (TPSA) is 97.3 Å². The molecule has 11 heteroatoms. The van der Waals surface area contributed by atoms with Gasteiger partial charge in [0, 0.05) is 65.9 Å². The molecule has 0 radical (unpaired) electrons. The lowest BCUT2D eigenvalue weighted by atomic mass is 9.98. The Morgan fingerprint density at radius 3 is 2.76 bits per heavy atom. The Morgan fingerprint density at radius 2 is 1.96 bits per heavy atom. The van der Waals surface area contributed by atoms with Gasteiger partial charge in [-0.25, -0.2) is 9.37 Å². The molecule has 9 nitrogen and oxygen atoms in total. The molecule has 1 fully saturated rings. The van der Waals surface area contributed by atoms with Crippen molar-refractivity contribution in [2.24, 2.45) is 7.05 Å². The Kier molecular flexibility index (Phi) is 7.22. The summed E-state index contributed by atoms with van der Waals surface area (Å²) in [7, 11) is 2.01. The number of aromatic nitrogens is 4. The molecule has 0 spiro atoms. The van der Waals surface area contributed by atoms with Crippen LogP contribution in [0, 0.1) is 5.82 Å². The van der Waals surface area contributed by atoms with Crippen molar-refractivity contribution in [2.75, 3.05) is 18.4 Å². The molecular weight excluding hydrogens is 655 g/mol. The number of rotatable bonds is 7. The van der Waals surface area contributed by atoms with Crippen LogP contribution in [0.3, 0.4) is 0 Å². The molecule has 9 rings (SSSR count). The van der Waals surface area contributed by atoms with E-state index < -0.39 is 11.6 Å². The lowest BCUT2D eigenvalue weighted by molar-refractivity contribution is -0.0708. The number of hydrogen-bond acceptors (Lipinski definition) is 6. The van der Waals surface area contributed by atoms with Crippen LogP contribution < -0.4 is 14.8 Å². The molecule has 3 aliphatic rings. The molecule has 1 saturated carbocycles. The summed E-state index contributed by atoms with van der Waals surface area (Å²) in [6, 6.07) is 21.8. The number of nitrogens with zero attached hydrogens (tertiary/aromatic N) is 4. The van der Waals surface area contributed by atoms with Crippen LogP contribution in [0.2, 0.25) is 5.02 Å². The van der Waals surface area contributed by atoms with Crippen molar-refractivity contribution < 1.29 is 18.7 Å². The normalized spacial score (nSPS) is 18.9. The van der Waals surface area contributed by atoms with E-state index >= 15 is 0 Å². The SMILES string of the molecule is Cn1c(CN2CC=C(c3cccc4c3OC(C)(c3ccc(Cl)cc3F)O4)CC2)nc2cc(C(=O)Nc3ccc4n[nH]c(C5CC5)c4c3)ccc21. The molecule has 2 N–H and O–H groups in total. The predicted octanol–water partition coefficient (Wildman–Crippen LogP) is 8.31. The summed E-state index contributed by atoms with van der Waals surface area (Å²) in [4.78, 5) is 20.6. The zero-order valence-corrected chi connectivity index (χ0v) is 28.4. The number of ether oxygens (including phenoxy) is 2. The Balaban J connectivity index is 0.891. The highest BCUT2D eigenvalue weighted by Crippen LogP contribution is 2.49. The Hall–Kier alpha value is -5.19. The minimum atomic E-state index is -1.30. The van der Waals surface area contributed by atoms with Crippen LogP contribution in [-0.2, 0) is 19.4 Å². The van der Waals surface area contributed by atoms with Gasteiger partial charge in [0.15, 0.2) is 11.5 Å². The van der Waals surface area contributed by atoms with Gasteiger partial charge in [0.1, 0.15) is 11.6 Å². The monoisotopic (exact) mass is 688 g/mol. The highest BCUT2D eigenvalue weighted by Gasteiger charge is 2.42. The zero-order valence-electron chi connectivity index (χ0n) is 27.6. The lowest BCUT2D eigenvalue weighted by Gasteiger charge is -2.27. The average molecular weight is 689 g/mol. The van der Waals surface area contributed by atoms with Crippen molar-refractivity contribution in [1.29, 1.82) is 0 Å². The molecule has 0 saturated heterocycles. The van der Waals surface area contributed by atoms with Gasteiger partial charge in [0.25, 0.3) is 11.7 Å². The first-order valence-electron chi connectivity index (χ1n) is 16.9. The van der Waals surface area contributed by atoms with E-state index in [1.165, 1.54) is 18.9 Å². The second kappa shape index (κ2) is 11.7. The summed E-state index contributed by atoms with van der Waals surface area (Å²) in [5, 5.41) is 12.0. The summed E-state index contributed by atoms with van der Waals surface area (Å²) >= 11 is 5.99. The number of H-pyrrole nitrogens is 1. The number of fused-ring (bicyclic) bond motifs is 3. The smallest absolute Gasteiger partial charge is 0.278 e. The van der Waals surface area contributed by atoms with Crippen molar-refractivity contribution in [3.8, 4) is 11.5 Å². The van der Waals surface area contributed by atoms with Gasteiger partial charge in [-0.2, -0.15) is 5.10 Å². The van der Waals surface area contributed by atoms with E-state index in [9.17, 15) is 9.18 Å². The maximum Gasteiger partial charge on any atom is 0.278 e. The average Bonchev–Trinajstić information content (AvgIpc) is 3.65. The van der Waals surface area contributed by atoms with Crippen molar-refractivity contribution in [2.45, 2.75) is 44.4 Å². The molecule has 1 atom stereocenters. The van der Waals surface area contributed by atoms with Gasteiger partial charge < -0.3 is 19.4 Å². The van der Waals surface area contributed by atoms with Gasteiger partial charge in [0.2, 0.25) is 0 Å². The first-order valence-corrected chi connectivity index (χ1v) is 17.2. The van der Waals surface area contributed by atoms with Crippen molar-refractivity contribution in [3.63, 3.8) is 0 Å². The quantitative estimate of drug-likeness (QED) is 0.175. The van der Waals surface area contributed by atoms with E-state index in [0.717, 1.165) is 69.8 Å². The van der Waals surface area contributed by atoms with Crippen LogP contribution in [0.4, 0.5) is 10.1 Å². The van der Waals surface area contributed by atoms with Gasteiger partial charge in [-0.05, 0) is 85.5 Å². The summed E-state index contributed by atoms with van der Waals surface area (Å²) in [6.07, 6.45) is 5.35. The van der Waals surface area contributed by atoms with Crippen molar-refractivity contribution in [3.05, 3.63) is 118 Å². The zero-order chi connectivity index (χ0) is 34.1. The number of aryl methyl sites for hydroxylation is 1. The number of benzene rings is 4. The number of halogens is 2. The highest BCUT2D eigenvalue weighted by atomic mass is 35.5. The van der Waals surface area contributed by atoms with Gasteiger partial charge in [-0.1, -0.05) is 29.8 Å². The van der Waals surface area contributed by atoms with Crippen molar-refractivity contribution >= 4 is 50.7 Å². The van der Waals surface area contributed by atoms with Crippen molar-refractivity contribution in [1.82, 2.24) is 24.6 Å².